The van der Waals surface area contributed by atoms with Crippen LogP contribution in [0.2, 0.25) is 0 Å². The maximum absolute atomic E-state index is 13.2. The first-order valence-electron chi connectivity index (χ1n) is 16.8. The number of ether oxygens (including phenoxy) is 4. The van der Waals surface area contributed by atoms with E-state index in [0.29, 0.717) is 17.9 Å². The molecule has 2 aliphatic rings. The van der Waals surface area contributed by atoms with Crippen LogP contribution in [-0.2, 0) is 44.5 Å². The monoisotopic (exact) mass is 714 g/mol. The molecule has 51 heavy (non-hydrogen) atoms. The molecule has 2 aromatic rings. The van der Waals surface area contributed by atoms with Crippen LogP contribution in [0.5, 0.6) is 0 Å². The summed E-state index contributed by atoms with van der Waals surface area (Å²) in [6, 6.07) is 9.44. The first-order chi connectivity index (χ1) is 24.0. The summed E-state index contributed by atoms with van der Waals surface area (Å²) >= 11 is 0. The van der Waals surface area contributed by atoms with E-state index in [9.17, 15) is 39.6 Å². The van der Waals surface area contributed by atoms with Gasteiger partial charge in [-0.25, -0.2) is 14.4 Å². The number of nitrogens with zero attached hydrogens (tertiary/aromatic N) is 3. The number of carbonyl (C=O) groups is 4. The third-order valence-electron chi connectivity index (χ3n) is 9.66. The highest BCUT2D eigenvalue weighted by atomic mass is 16.8. The van der Waals surface area contributed by atoms with Crippen molar-refractivity contribution in [3.05, 3.63) is 66.0 Å². The van der Waals surface area contributed by atoms with Crippen molar-refractivity contribution in [1.29, 1.82) is 0 Å². The quantitative estimate of drug-likeness (QED) is 0.0899. The van der Waals surface area contributed by atoms with Gasteiger partial charge in [0.25, 0.3) is 0 Å². The van der Waals surface area contributed by atoms with Gasteiger partial charge in [-0.1, -0.05) is 82.3 Å². The maximum atomic E-state index is 13.2. The van der Waals surface area contributed by atoms with Crippen molar-refractivity contribution in [2.24, 2.45) is 17.8 Å². The molecule has 0 radical (unpaired) electrons. The summed E-state index contributed by atoms with van der Waals surface area (Å²) in [5, 5.41) is 57.7. The highest BCUT2D eigenvalue weighted by Crippen LogP contribution is 2.59. The van der Waals surface area contributed by atoms with Crippen molar-refractivity contribution < 1.29 is 58.6 Å². The Labute approximate surface area is 294 Å². The predicted octanol–water partition coefficient (Wildman–Crippen LogP) is 2.68. The van der Waals surface area contributed by atoms with Crippen LogP contribution in [0.3, 0.4) is 0 Å². The molecule has 2 aliphatic heterocycles. The zero-order valence-electron chi connectivity index (χ0n) is 29.2. The number of tetrazole rings is 1. The second-order valence-electron chi connectivity index (χ2n) is 13.5. The van der Waals surface area contributed by atoms with E-state index < -0.39 is 77.5 Å². The first-order valence-corrected chi connectivity index (χ1v) is 16.8. The van der Waals surface area contributed by atoms with Gasteiger partial charge in [0.05, 0.1) is 0 Å². The molecule has 1 aromatic carbocycles. The van der Waals surface area contributed by atoms with Gasteiger partial charge in [-0.3, -0.25) is 4.79 Å². The fraction of sp³-hybridized carbons (Fsp3) is 0.571. The fourth-order valence-electron chi connectivity index (χ4n) is 6.87. The molecule has 16 heteroatoms. The normalized spacial score (nSPS) is 29.5. The van der Waals surface area contributed by atoms with E-state index in [2.05, 4.69) is 27.2 Å². The minimum Gasteiger partial charge on any atom is -0.479 e. The number of H-pyrrole nitrogens is 1. The van der Waals surface area contributed by atoms with E-state index in [-0.39, 0.29) is 18.3 Å². The topological polar surface area (TPSA) is 241 Å². The molecule has 0 spiro atoms. The van der Waals surface area contributed by atoms with Crippen LogP contribution in [0.1, 0.15) is 77.8 Å². The van der Waals surface area contributed by atoms with Crippen molar-refractivity contribution in [3.8, 4) is 0 Å². The van der Waals surface area contributed by atoms with E-state index in [1.165, 1.54) is 6.92 Å². The lowest BCUT2D eigenvalue weighted by atomic mass is 9.74. The SMILES string of the molecule is C=C(CC[C@]12O[C@H](c3nn[nH]n3)[C@@](O)(C(=O)O)[C@](C(=O)O)(O1)[C@H](OC(=O)/C=C/[C@@H](C)C[C@@H](C)CC)[C@H]2O)[C@H](OC(C)=O)[C@H](C)Cc1ccccc1. The summed E-state index contributed by atoms with van der Waals surface area (Å²) in [6.07, 6.45) is -3.43. The number of rotatable bonds is 17. The summed E-state index contributed by atoms with van der Waals surface area (Å²) in [6.45, 7) is 13.1. The van der Waals surface area contributed by atoms with Crippen molar-refractivity contribution in [1.82, 2.24) is 20.6 Å². The predicted molar refractivity (Wildman–Crippen MR) is 176 cm³/mol. The number of aromatic amines is 1. The van der Waals surface area contributed by atoms with Gasteiger partial charge in [-0.2, -0.15) is 5.21 Å². The van der Waals surface area contributed by atoms with Crippen LogP contribution in [0.4, 0.5) is 0 Å². The third kappa shape index (κ3) is 7.73. The second kappa shape index (κ2) is 15.8. The van der Waals surface area contributed by atoms with Gasteiger partial charge in [0.15, 0.2) is 12.2 Å². The zero-order valence-corrected chi connectivity index (χ0v) is 29.2. The number of hydrogen-bond acceptors (Lipinski definition) is 13. The zero-order chi connectivity index (χ0) is 37.7. The summed E-state index contributed by atoms with van der Waals surface area (Å²) < 4.78 is 23.0. The average molecular weight is 715 g/mol. The number of aromatic nitrogens is 4. The van der Waals surface area contributed by atoms with Crippen LogP contribution < -0.4 is 0 Å². The molecule has 5 N–H and O–H groups in total. The molecule has 2 bridgehead atoms. The molecule has 278 valence electrons. The number of nitrogens with one attached hydrogen (secondary N) is 1. The molecule has 2 saturated heterocycles. The van der Waals surface area contributed by atoms with Crippen LogP contribution in [-0.4, -0.2) is 100 Å². The summed E-state index contributed by atoms with van der Waals surface area (Å²) in [4.78, 5) is 51.5. The van der Waals surface area contributed by atoms with Crippen LogP contribution >= 0.6 is 0 Å². The summed E-state index contributed by atoms with van der Waals surface area (Å²) in [5.74, 6) is -9.01. The third-order valence-corrected chi connectivity index (χ3v) is 9.66. The number of allylic oxidation sites excluding steroid dienone is 1. The van der Waals surface area contributed by atoms with Gasteiger partial charge in [-0.15, -0.1) is 10.2 Å². The molecule has 0 saturated carbocycles. The van der Waals surface area contributed by atoms with Crippen molar-refractivity contribution >= 4 is 23.9 Å². The molecule has 3 heterocycles. The number of carboxylic acid groups (broad SMARTS) is 2. The second-order valence-corrected chi connectivity index (χ2v) is 13.5. The van der Waals surface area contributed by atoms with Gasteiger partial charge in [0.2, 0.25) is 22.8 Å². The molecule has 16 nitrogen and oxygen atoms in total. The fourth-order valence-corrected chi connectivity index (χ4v) is 6.87. The lowest BCUT2D eigenvalue weighted by Crippen LogP contribution is -2.74. The average Bonchev–Trinajstić information content (AvgIpc) is 3.69. The Morgan fingerprint density at radius 1 is 1.12 bits per heavy atom. The van der Waals surface area contributed by atoms with E-state index in [1.807, 2.05) is 58.0 Å². The van der Waals surface area contributed by atoms with Crippen molar-refractivity contribution in [2.45, 2.75) is 108 Å². The molecule has 1 aromatic heterocycles. The van der Waals surface area contributed by atoms with Gasteiger partial charge in [0.1, 0.15) is 12.2 Å². The first kappa shape index (κ1) is 39.3. The molecule has 0 aliphatic carbocycles. The Morgan fingerprint density at radius 3 is 2.37 bits per heavy atom. The molecule has 0 amide bonds. The molecular weight excluding hydrogens is 668 g/mol. The Hall–Kier alpha value is -4.51. The molecule has 4 rings (SSSR count). The van der Waals surface area contributed by atoms with E-state index in [4.69, 9.17) is 18.9 Å². The van der Waals surface area contributed by atoms with Crippen LogP contribution in [0.15, 0.2) is 54.6 Å². The minimum absolute atomic E-state index is 0.0846. The van der Waals surface area contributed by atoms with Gasteiger partial charge in [-0.05, 0) is 42.2 Å². The molecule has 2 fully saturated rings. The Bertz CT molecular complexity index is 1600. The van der Waals surface area contributed by atoms with Gasteiger partial charge >= 0.3 is 23.9 Å². The Morgan fingerprint density at radius 2 is 1.80 bits per heavy atom. The number of aliphatic carboxylic acids is 2. The summed E-state index contributed by atoms with van der Waals surface area (Å²) in [5.41, 5.74) is -5.64. The number of hydrogen-bond donors (Lipinski definition) is 5. The van der Waals surface area contributed by atoms with Crippen LogP contribution in [0, 0.1) is 17.8 Å². The van der Waals surface area contributed by atoms with E-state index in [0.717, 1.165) is 24.5 Å². The highest BCUT2D eigenvalue weighted by Gasteiger charge is 2.85. The standard InChI is InChI=1S/C35H46N4O12/c1-7-19(2)17-20(3)13-14-25(41)49-28-27(42)33(16-15-21(4)26(48-23(6)40)22(5)18-24-11-9-8-10-12-24)50-29(30-36-38-39-37-30)34(47,31(43)44)35(28,51-33)32(45)46/h8-14,19-20,22,26-29,42,47H,4,7,15-18H2,1-3,5-6H3,(H,43,44)(H,45,46)(H,36,37,38,39)/b14-13+/t19-,20+,22+,26-,27+,28+,29+,33-,34+,35-/m0/s1. The smallest absolute Gasteiger partial charge is 0.344 e. The molecular formula is C35H46N4O12. The summed E-state index contributed by atoms with van der Waals surface area (Å²) in [7, 11) is 0. The highest BCUT2D eigenvalue weighted by molar-refractivity contribution is 5.94. The van der Waals surface area contributed by atoms with E-state index in [1.54, 1.807) is 6.08 Å². The van der Waals surface area contributed by atoms with Crippen molar-refractivity contribution in [3.63, 3.8) is 0 Å². The number of aliphatic hydroxyl groups excluding tert-OH is 1. The largest absolute Gasteiger partial charge is 0.479 e. The lowest BCUT2D eigenvalue weighted by molar-refractivity contribution is -0.383. The number of esters is 2. The number of aliphatic hydroxyl groups is 2. The number of carboxylic acids is 2. The Kier molecular flexibility index (Phi) is 12.2. The number of benzene rings is 1. The minimum atomic E-state index is -3.58. The lowest BCUT2D eigenvalue weighted by Gasteiger charge is -2.49. The number of fused-ring (bicyclic) bond motifs is 2. The maximum Gasteiger partial charge on any atom is 0.344 e. The molecule has 0 unspecified atom stereocenters. The van der Waals surface area contributed by atoms with Gasteiger partial charge < -0.3 is 39.4 Å². The van der Waals surface area contributed by atoms with Crippen LogP contribution in [0.25, 0.3) is 0 Å². The number of carbonyl (C=O) groups excluding carboxylic acids is 2. The van der Waals surface area contributed by atoms with Crippen molar-refractivity contribution in [2.75, 3.05) is 0 Å². The van der Waals surface area contributed by atoms with Gasteiger partial charge in [0, 0.05) is 25.3 Å². The Balaban J connectivity index is 1.73. The van der Waals surface area contributed by atoms with E-state index >= 15 is 0 Å². The molecule has 10 atom stereocenters.